The standard InChI is InChI=1S/C13H22N4OS/c1-2-16-6-7-18-10-13(8-16)4-3-5-17(9-13)12-15-14-11-19-12/h11H,2-10H2,1H3/t13-/m1/s1. The Balaban J connectivity index is 1.75. The van der Waals surface area contributed by atoms with Crippen molar-refractivity contribution in [1.82, 2.24) is 15.1 Å². The molecule has 6 heteroatoms. The maximum Gasteiger partial charge on any atom is 0.208 e. The quantitative estimate of drug-likeness (QED) is 0.822. The minimum atomic E-state index is 0.274. The van der Waals surface area contributed by atoms with E-state index < -0.39 is 0 Å². The molecule has 1 atom stereocenters. The van der Waals surface area contributed by atoms with Crippen molar-refractivity contribution in [1.29, 1.82) is 0 Å². The molecule has 5 nitrogen and oxygen atoms in total. The molecular formula is C13H22N4OS. The normalized spacial score (nSPS) is 29.6. The summed E-state index contributed by atoms with van der Waals surface area (Å²) in [4.78, 5) is 4.92. The Morgan fingerprint density at radius 2 is 2.37 bits per heavy atom. The van der Waals surface area contributed by atoms with E-state index in [4.69, 9.17) is 4.74 Å². The highest BCUT2D eigenvalue weighted by Crippen LogP contribution is 2.35. The van der Waals surface area contributed by atoms with Crippen LogP contribution in [0.2, 0.25) is 0 Å². The van der Waals surface area contributed by atoms with Crippen LogP contribution in [0.3, 0.4) is 0 Å². The topological polar surface area (TPSA) is 41.5 Å². The zero-order valence-electron chi connectivity index (χ0n) is 11.5. The summed E-state index contributed by atoms with van der Waals surface area (Å²) in [6.45, 7) is 9.49. The molecule has 1 aromatic heterocycles. The summed E-state index contributed by atoms with van der Waals surface area (Å²) in [5, 5.41) is 9.25. The Morgan fingerprint density at radius 3 is 3.16 bits per heavy atom. The van der Waals surface area contributed by atoms with E-state index in [0.29, 0.717) is 0 Å². The van der Waals surface area contributed by atoms with Gasteiger partial charge in [0.15, 0.2) is 0 Å². The lowest BCUT2D eigenvalue weighted by atomic mass is 9.80. The van der Waals surface area contributed by atoms with Crippen LogP contribution in [-0.2, 0) is 4.74 Å². The maximum absolute atomic E-state index is 5.88. The molecule has 2 fully saturated rings. The highest BCUT2D eigenvalue weighted by molar-refractivity contribution is 7.13. The monoisotopic (exact) mass is 282 g/mol. The van der Waals surface area contributed by atoms with Crippen molar-refractivity contribution in [3.05, 3.63) is 5.51 Å². The van der Waals surface area contributed by atoms with Crippen LogP contribution in [0.15, 0.2) is 5.51 Å². The third-order valence-electron chi connectivity index (χ3n) is 4.25. The Bertz CT molecular complexity index is 399. The average Bonchev–Trinajstić information content (AvgIpc) is 2.90. The van der Waals surface area contributed by atoms with Gasteiger partial charge in [-0.25, -0.2) is 0 Å². The fourth-order valence-electron chi connectivity index (χ4n) is 3.27. The van der Waals surface area contributed by atoms with Gasteiger partial charge < -0.3 is 14.5 Å². The van der Waals surface area contributed by atoms with Crippen molar-refractivity contribution >= 4 is 16.5 Å². The number of hydrogen-bond donors (Lipinski definition) is 0. The maximum atomic E-state index is 5.88. The number of likely N-dealkylation sites (N-methyl/N-ethyl adjacent to an activating group) is 1. The molecule has 0 N–H and O–H groups in total. The predicted molar refractivity (Wildman–Crippen MR) is 76.7 cm³/mol. The minimum absolute atomic E-state index is 0.274. The molecule has 0 bridgehead atoms. The molecule has 2 aliphatic heterocycles. The van der Waals surface area contributed by atoms with E-state index in [-0.39, 0.29) is 5.41 Å². The summed E-state index contributed by atoms with van der Waals surface area (Å²) >= 11 is 1.64. The smallest absolute Gasteiger partial charge is 0.208 e. The molecule has 19 heavy (non-hydrogen) atoms. The van der Waals surface area contributed by atoms with Gasteiger partial charge in [0, 0.05) is 31.6 Å². The number of rotatable bonds is 2. The molecule has 2 saturated heterocycles. The Labute approximate surface area is 118 Å². The third kappa shape index (κ3) is 2.90. The van der Waals surface area contributed by atoms with Gasteiger partial charge in [-0.3, -0.25) is 0 Å². The molecule has 0 unspecified atom stereocenters. The van der Waals surface area contributed by atoms with Crippen LogP contribution in [0.25, 0.3) is 0 Å². The van der Waals surface area contributed by atoms with Crippen molar-refractivity contribution in [3.63, 3.8) is 0 Å². The first-order valence-electron chi connectivity index (χ1n) is 7.13. The molecule has 0 aromatic carbocycles. The van der Waals surface area contributed by atoms with Gasteiger partial charge in [0.2, 0.25) is 5.13 Å². The van der Waals surface area contributed by atoms with Gasteiger partial charge >= 0.3 is 0 Å². The summed E-state index contributed by atoms with van der Waals surface area (Å²) in [5.41, 5.74) is 2.09. The molecule has 0 amide bonds. The lowest BCUT2D eigenvalue weighted by molar-refractivity contribution is 0.0562. The zero-order valence-corrected chi connectivity index (χ0v) is 12.4. The summed E-state index contributed by atoms with van der Waals surface area (Å²) in [5.74, 6) is 0. The van der Waals surface area contributed by atoms with Crippen molar-refractivity contribution in [3.8, 4) is 0 Å². The van der Waals surface area contributed by atoms with Gasteiger partial charge in [0.1, 0.15) is 5.51 Å². The number of anilines is 1. The van der Waals surface area contributed by atoms with Crippen LogP contribution in [0.1, 0.15) is 19.8 Å². The van der Waals surface area contributed by atoms with E-state index in [2.05, 4.69) is 26.9 Å². The van der Waals surface area contributed by atoms with Gasteiger partial charge in [0.05, 0.1) is 13.2 Å². The van der Waals surface area contributed by atoms with E-state index in [0.717, 1.165) is 51.1 Å². The highest BCUT2D eigenvalue weighted by atomic mass is 32.1. The van der Waals surface area contributed by atoms with Gasteiger partial charge in [-0.1, -0.05) is 18.3 Å². The molecule has 1 aromatic rings. The molecule has 0 aliphatic carbocycles. The molecule has 106 valence electrons. The van der Waals surface area contributed by atoms with E-state index in [1.807, 2.05) is 5.51 Å². The van der Waals surface area contributed by atoms with Gasteiger partial charge in [-0.15, -0.1) is 10.2 Å². The van der Waals surface area contributed by atoms with Crippen LogP contribution in [0.4, 0.5) is 5.13 Å². The number of aromatic nitrogens is 2. The van der Waals surface area contributed by atoms with Crippen LogP contribution >= 0.6 is 11.3 Å². The number of nitrogens with zero attached hydrogens (tertiary/aromatic N) is 4. The van der Waals surface area contributed by atoms with Crippen LogP contribution in [-0.4, -0.2) is 61.0 Å². The molecule has 3 rings (SSSR count). The van der Waals surface area contributed by atoms with Crippen LogP contribution in [0.5, 0.6) is 0 Å². The third-order valence-corrected chi connectivity index (χ3v) is 5.00. The first-order valence-corrected chi connectivity index (χ1v) is 8.00. The zero-order chi connectivity index (χ0) is 13.1. The molecule has 3 heterocycles. The molecule has 1 spiro atoms. The Morgan fingerprint density at radius 1 is 1.42 bits per heavy atom. The highest BCUT2D eigenvalue weighted by Gasteiger charge is 2.39. The van der Waals surface area contributed by atoms with Crippen molar-refractivity contribution in [2.24, 2.45) is 5.41 Å². The lowest BCUT2D eigenvalue weighted by Gasteiger charge is -2.43. The lowest BCUT2D eigenvalue weighted by Crippen LogP contribution is -2.50. The predicted octanol–water partition coefficient (Wildman–Crippen LogP) is 1.48. The molecule has 0 radical (unpaired) electrons. The fraction of sp³-hybridized carbons (Fsp3) is 0.846. The summed E-state index contributed by atoms with van der Waals surface area (Å²) in [6, 6.07) is 0. The van der Waals surface area contributed by atoms with E-state index >= 15 is 0 Å². The molecule has 0 saturated carbocycles. The summed E-state index contributed by atoms with van der Waals surface area (Å²) < 4.78 is 5.88. The van der Waals surface area contributed by atoms with Crippen molar-refractivity contribution in [2.45, 2.75) is 19.8 Å². The first-order chi connectivity index (χ1) is 9.31. The van der Waals surface area contributed by atoms with E-state index in [9.17, 15) is 0 Å². The van der Waals surface area contributed by atoms with Crippen molar-refractivity contribution < 1.29 is 4.74 Å². The second-order valence-electron chi connectivity index (χ2n) is 5.67. The Hall–Kier alpha value is -0.720. The van der Waals surface area contributed by atoms with Gasteiger partial charge in [-0.2, -0.15) is 0 Å². The minimum Gasteiger partial charge on any atom is -0.379 e. The van der Waals surface area contributed by atoms with Crippen molar-refractivity contribution in [2.75, 3.05) is 50.8 Å². The fourth-order valence-corrected chi connectivity index (χ4v) is 3.86. The van der Waals surface area contributed by atoms with Crippen LogP contribution in [0, 0.1) is 5.41 Å². The first kappa shape index (κ1) is 13.3. The molecular weight excluding hydrogens is 260 g/mol. The van der Waals surface area contributed by atoms with Crippen LogP contribution < -0.4 is 4.90 Å². The second kappa shape index (κ2) is 5.73. The largest absolute Gasteiger partial charge is 0.379 e. The van der Waals surface area contributed by atoms with Gasteiger partial charge in [0.25, 0.3) is 0 Å². The average molecular weight is 282 g/mol. The summed E-state index contributed by atoms with van der Waals surface area (Å²) in [6.07, 6.45) is 2.49. The number of piperidine rings is 1. The SMILES string of the molecule is CCN1CCOC[C@]2(CCCN(c3nncs3)C2)C1. The number of hydrogen-bond acceptors (Lipinski definition) is 6. The van der Waals surface area contributed by atoms with E-state index in [1.54, 1.807) is 11.3 Å². The Kier molecular flexibility index (Phi) is 4.00. The second-order valence-corrected chi connectivity index (χ2v) is 6.48. The summed E-state index contributed by atoms with van der Waals surface area (Å²) in [7, 11) is 0. The van der Waals surface area contributed by atoms with Gasteiger partial charge in [-0.05, 0) is 19.4 Å². The van der Waals surface area contributed by atoms with E-state index in [1.165, 1.54) is 12.8 Å². The molecule has 2 aliphatic rings. The number of ether oxygens (including phenoxy) is 1.